The number of fused-ring (bicyclic) bond motifs is 1. The molecule has 146 valence electrons. The summed E-state index contributed by atoms with van der Waals surface area (Å²) >= 11 is 0. The molecule has 1 aliphatic heterocycles. The lowest BCUT2D eigenvalue weighted by molar-refractivity contribution is 0.0940. The third kappa shape index (κ3) is 4.26. The smallest absolute Gasteiger partial charge is 0.273 e. The summed E-state index contributed by atoms with van der Waals surface area (Å²) in [4.78, 5) is 16.4. The first-order valence-corrected chi connectivity index (χ1v) is 9.22. The Hall–Kier alpha value is -3.06. The summed E-state index contributed by atoms with van der Waals surface area (Å²) in [5.41, 5.74) is 0.251. The van der Waals surface area contributed by atoms with Crippen LogP contribution in [0.3, 0.4) is 0 Å². The molecule has 1 amide bonds. The van der Waals surface area contributed by atoms with Gasteiger partial charge in [0.25, 0.3) is 5.91 Å². The van der Waals surface area contributed by atoms with Crippen molar-refractivity contribution < 1.29 is 23.4 Å². The molecule has 1 fully saturated rings. The normalized spacial score (nSPS) is 16.2. The van der Waals surface area contributed by atoms with Gasteiger partial charge in [-0.15, -0.1) is 0 Å². The Balaban J connectivity index is 1.34. The van der Waals surface area contributed by atoms with Crippen LogP contribution < -0.4 is 14.8 Å². The van der Waals surface area contributed by atoms with Gasteiger partial charge >= 0.3 is 0 Å². The van der Waals surface area contributed by atoms with Gasteiger partial charge in [-0.2, -0.15) is 0 Å². The molecule has 7 heteroatoms. The Bertz CT molecular complexity index is 962. The number of carbonyl (C=O) groups is 1. The van der Waals surface area contributed by atoms with Gasteiger partial charge in [-0.25, -0.2) is 4.98 Å². The van der Waals surface area contributed by atoms with Crippen LogP contribution >= 0.6 is 0 Å². The predicted molar refractivity (Wildman–Crippen MR) is 103 cm³/mol. The second kappa shape index (κ2) is 8.31. The number of nitrogens with zero attached hydrogens (tertiary/aromatic N) is 1. The number of rotatable bonds is 7. The van der Waals surface area contributed by atoms with E-state index < -0.39 is 0 Å². The molecule has 28 heavy (non-hydrogen) atoms. The van der Waals surface area contributed by atoms with Crippen molar-refractivity contribution in [3.05, 3.63) is 54.2 Å². The van der Waals surface area contributed by atoms with Gasteiger partial charge in [0.15, 0.2) is 12.3 Å². The average molecular weight is 382 g/mol. The number of carbonyl (C=O) groups excluding carboxylic acids is 1. The van der Waals surface area contributed by atoms with Crippen LogP contribution in [0.25, 0.3) is 10.8 Å². The third-order valence-electron chi connectivity index (χ3n) is 4.74. The Labute approximate surface area is 162 Å². The van der Waals surface area contributed by atoms with Crippen molar-refractivity contribution in [3.8, 4) is 11.5 Å². The lowest BCUT2D eigenvalue weighted by Gasteiger charge is -2.07. The molecule has 1 unspecified atom stereocenters. The molecule has 0 aliphatic carbocycles. The fraction of sp³-hybridized carbons (Fsp3) is 0.333. The minimum atomic E-state index is -0.250. The van der Waals surface area contributed by atoms with Gasteiger partial charge in [0.1, 0.15) is 17.8 Å². The summed E-state index contributed by atoms with van der Waals surface area (Å²) in [6.07, 6.45) is 2.32. The number of amides is 1. The number of benzene rings is 2. The Morgan fingerprint density at radius 2 is 2.04 bits per heavy atom. The molecule has 7 nitrogen and oxygen atoms in total. The Morgan fingerprint density at radius 1 is 1.21 bits per heavy atom. The number of ether oxygens (including phenoxy) is 3. The maximum atomic E-state index is 12.2. The van der Waals surface area contributed by atoms with E-state index >= 15 is 0 Å². The van der Waals surface area contributed by atoms with Gasteiger partial charge in [0.2, 0.25) is 5.89 Å². The van der Waals surface area contributed by atoms with Crippen molar-refractivity contribution in [2.24, 2.45) is 5.92 Å². The van der Waals surface area contributed by atoms with Crippen LogP contribution in [0, 0.1) is 5.92 Å². The lowest BCUT2D eigenvalue weighted by Crippen LogP contribution is -2.29. The summed E-state index contributed by atoms with van der Waals surface area (Å²) in [5, 5.41) is 4.97. The second-order valence-corrected chi connectivity index (χ2v) is 6.73. The third-order valence-corrected chi connectivity index (χ3v) is 4.74. The highest BCUT2D eigenvalue weighted by Gasteiger charge is 2.18. The van der Waals surface area contributed by atoms with E-state index in [1.54, 1.807) is 7.11 Å². The highest BCUT2D eigenvalue weighted by molar-refractivity contribution is 5.91. The monoisotopic (exact) mass is 382 g/mol. The molecule has 1 N–H and O–H groups in total. The van der Waals surface area contributed by atoms with Crippen molar-refractivity contribution in [2.75, 3.05) is 26.9 Å². The Kier molecular flexibility index (Phi) is 5.43. The summed E-state index contributed by atoms with van der Waals surface area (Å²) < 4.78 is 21.7. The zero-order valence-corrected chi connectivity index (χ0v) is 15.6. The van der Waals surface area contributed by atoms with Crippen molar-refractivity contribution in [3.63, 3.8) is 0 Å². The van der Waals surface area contributed by atoms with Crippen molar-refractivity contribution in [2.45, 2.75) is 13.0 Å². The van der Waals surface area contributed by atoms with Crippen molar-refractivity contribution in [1.82, 2.24) is 10.3 Å². The van der Waals surface area contributed by atoms with Crippen LogP contribution in [0.1, 0.15) is 22.8 Å². The number of hydrogen-bond acceptors (Lipinski definition) is 6. The minimum absolute atomic E-state index is 0.138. The number of oxazole rings is 1. The number of aromatic nitrogens is 1. The predicted octanol–water partition coefficient (Wildman–Crippen LogP) is 3.18. The van der Waals surface area contributed by atoms with E-state index in [1.807, 2.05) is 36.4 Å². The van der Waals surface area contributed by atoms with Crippen LogP contribution in [0.2, 0.25) is 0 Å². The molecule has 3 aromatic rings. The van der Waals surface area contributed by atoms with Crippen LogP contribution in [0.15, 0.2) is 47.1 Å². The fourth-order valence-electron chi connectivity index (χ4n) is 3.12. The molecule has 0 bridgehead atoms. The maximum absolute atomic E-state index is 12.2. The minimum Gasteiger partial charge on any atom is -0.497 e. The number of hydrogen-bond donors (Lipinski definition) is 1. The largest absolute Gasteiger partial charge is 0.497 e. The molecule has 2 heterocycles. The first kappa shape index (κ1) is 18.3. The molecule has 0 saturated carbocycles. The average Bonchev–Trinajstić information content (AvgIpc) is 3.42. The highest BCUT2D eigenvalue weighted by atomic mass is 16.5. The first-order chi connectivity index (χ1) is 13.7. The summed E-state index contributed by atoms with van der Waals surface area (Å²) in [5.74, 6) is 1.94. The van der Waals surface area contributed by atoms with E-state index in [4.69, 9.17) is 18.6 Å². The fourth-order valence-corrected chi connectivity index (χ4v) is 3.12. The molecule has 1 atom stereocenters. The van der Waals surface area contributed by atoms with E-state index in [-0.39, 0.29) is 18.2 Å². The van der Waals surface area contributed by atoms with Gasteiger partial charge in [0, 0.05) is 19.1 Å². The summed E-state index contributed by atoms with van der Waals surface area (Å²) in [7, 11) is 1.64. The van der Waals surface area contributed by atoms with Crippen LogP contribution in [-0.2, 0) is 11.3 Å². The van der Waals surface area contributed by atoms with Gasteiger partial charge in [-0.05, 0) is 41.5 Å². The molecular formula is C21H22N2O5. The number of nitrogens with one attached hydrogen (secondary N) is 1. The van der Waals surface area contributed by atoms with E-state index in [0.717, 1.165) is 29.5 Å². The molecule has 0 radical (unpaired) electrons. The standard InChI is InChI=1S/C21H22N2O5/c1-25-17-4-2-15-3-5-18(9-16(15)8-17)27-13-20-23-19(12-28-20)21(24)22-10-14-6-7-26-11-14/h2-5,8-9,12,14H,6-7,10-11,13H2,1H3,(H,22,24). The lowest BCUT2D eigenvalue weighted by atomic mass is 10.1. The highest BCUT2D eigenvalue weighted by Crippen LogP contribution is 2.25. The summed E-state index contributed by atoms with van der Waals surface area (Å²) in [6, 6.07) is 11.7. The van der Waals surface area contributed by atoms with Crippen LogP contribution in [0.4, 0.5) is 0 Å². The SMILES string of the molecule is COc1ccc2ccc(OCc3nc(C(=O)NCC4CCOC4)co3)cc2c1. The molecule has 2 aromatic carbocycles. The van der Waals surface area contributed by atoms with E-state index in [0.29, 0.717) is 30.7 Å². The zero-order valence-electron chi connectivity index (χ0n) is 15.6. The van der Waals surface area contributed by atoms with E-state index in [9.17, 15) is 4.79 Å². The first-order valence-electron chi connectivity index (χ1n) is 9.22. The molecule has 0 spiro atoms. The van der Waals surface area contributed by atoms with E-state index in [2.05, 4.69) is 10.3 Å². The van der Waals surface area contributed by atoms with E-state index in [1.165, 1.54) is 6.26 Å². The molecular weight excluding hydrogens is 360 g/mol. The molecule has 1 saturated heterocycles. The van der Waals surface area contributed by atoms with Crippen molar-refractivity contribution >= 4 is 16.7 Å². The van der Waals surface area contributed by atoms with Gasteiger partial charge in [-0.1, -0.05) is 12.1 Å². The second-order valence-electron chi connectivity index (χ2n) is 6.73. The van der Waals surface area contributed by atoms with Crippen LogP contribution in [0.5, 0.6) is 11.5 Å². The maximum Gasteiger partial charge on any atom is 0.273 e. The van der Waals surface area contributed by atoms with Crippen molar-refractivity contribution in [1.29, 1.82) is 0 Å². The topological polar surface area (TPSA) is 82.8 Å². The summed E-state index contributed by atoms with van der Waals surface area (Å²) in [6.45, 7) is 2.17. The van der Waals surface area contributed by atoms with Crippen LogP contribution in [-0.4, -0.2) is 37.8 Å². The molecule has 4 rings (SSSR count). The van der Waals surface area contributed by atoms with Gasteiger partial charge < -0.3 is 23.9 Å². The molecule has 1 aliphatic rings. The quantitative estimate of drug-likeness (QED) is 0.676. The zero-order chi connectivity index (χ0) is 19.3. The molecule has 1 aromatic heterocycles. The number of methoxy groups -OCH3 is 1. The Morgan fingerprint density at radius 3 is 2.82 bits per heavy atom. The van der Waals surface area contributed by atoms with Gasteiger partial charge in [-0.3, -0.25) is 4.79 Å². The van der Waals surface area contributed by atoms with Gasteiger partial charge in [0.05, 0.1) is 13.7 Å².